The topological polar surface area (TPSA) is 135 Å². The predicted octanol–water partition coefficient (Wildman–Crippen LogP) is 1.65. The lowest BCUT2D eigenvalue weighted by Crippen LogP contribution is -2.38. The Balaban J connectivity index is 1.54. The van der Waals surface area contributed by atoms with E-state index in [1.165, 1.54) is 0 Å². The first-order chi connectivity index (χ1) is 15.6. The van der Waals surface area contributed by atoms with Crippen molar-refractivity contribution in [3.63, 3.8) is 0 Å². The fraction of sp³-hybridized carbons (Fsp3) is 0.333. The highest BCUT2D eigenvalue weighted by atomic mass is 16.5. The fourth-order valence-electron chi connectivity index (χ4n) is 3.82. The number of fused-ring (bicyclic) bond motifs is 1. The van der Waals surface area contributed by atoms with E-state index in [0.29, 0.717) is 62.4 Å². The lowest BCUT2D eigenvalue weighted by molar-refractivity contribution is 0.122. The molecule has 3 N–H and O–H groups in total. The summed E-state index contributed by atoms with van der Waals surface area (Å²) in [5.41, 5.74) is 9.60. The minimum atomic E-state index is -0.258. The molecule has 0 bridgehead atoms. The van der Waals surface area contributed by atoms with E-state index in [1.54, 1.807) is 29.7 Å². The van der Waals surface area contributed by atoms with E-state index in [-0.39, 0.29) is 12.0 Å². The molecule has 2 aliphatic rings. The van der Waals surface area contributed by atoms with Gasteiger partial charge in [0.2, 0.25) is 11.9 Å². The molecule has 0 radical (unpaired) electrons. The Hall–Kier alpha value is -3.86. The van der Waals surface area contributed by atoms with Gasteiger partial charge in [-0.1, -0.05) is 0 Å². The fourth-order valence-corrected chi connectivity index (χ4v) is 3.82. The minimum absolute atomic E-state index is 0.195. The monoisotopic (exact) mass is 433 g/mol. The molecule has 3 aromatic rings. The lowest BCUT2D eigenvalue weighted by atomic mass is 10.1. The van der Waals surface area contributed by atoms with Crippen molar-refractivity contribution in [1.29, 1.82) is 0 Å². The number of hydrogen-bond acceptors (Lipinski definition) is 9. The van der Waals surface area contributed by atoms with Crippen molar-refractivity contribution < 1.29 is 9.53 Å². The van der Waals surface area contributed by atoms with Crippen LogP contribution < -0.4 is 20.9 Å². The van der Waals surface area contributed by atoms with E-state index in [2.05, 4.69) is 25.2 Å². The first-order valence-corrected chi connectivity index (χ1v) is 10.4. The van der Waals surface area contributed by atoms with Gasteiger partial charge in [0.1, 0.15) is 5.82 Å². The first kappa shape index (κ1) is 20.1. The predicted molar refractivity (Wildman–Crippen MR) is 120 cm³/mol. The average molecular weight is 433 g/mol. The van der Waals surface area contributed by atoms with Crippen LogP contribution in [-0.4, -0.2) is 63.8 Å². The largest absolute Gasteiger partial charge is 0.378 e. The summed E-state index contributed by atoms with van der Waals surface area (Å²) in [5, 5.41) is 2.95. The third-order valence-corrected chi connectivity index (χ3v) is 5.58. The lowest BCUT2D eigenvalue weighted by Gasteiger charge is -2.28. The zero-order valence-corrected chi connectivity index (χ0v) is 17.7. The second kappa shape index (κ2) is 8.35. The van der Waals surface area contributed by atoms with E-state index >= 15 is 0 Å². The molecule has 0 aromatic carbocycles. The zero-order valence-electron chi connectivity index (χ0n) is 17.7. The van der Waals surface area contributed by atoms with Crippen LogP contribution in [0.15, 0.2) is 30.9 Å². The van der Waals surface area contributed by atoms with Crippen molar-refractivity contribution in [2.24, 2.45) is 0 Å². The maximum Gasteiger partial charge on any atom is 0.327 e. The molecule has 5 rings (SSSR count). The van der Waals surface area contributed by atoms with Gasteiger partial charge in [-0.05, 0) is 25.0 Å². The van der Waals surface area contributed by atoms with E-state index < -0.39 is 0 Å². The van der Waals surface area contributed by atoms with Gasteiger partial charge in [-0.15, -0.1) is 0 Å². The van der Waals surface area contributed by atoms with Crippen LogP contribution in [0.25, 0.3) is 11.3 Å². The Kier molecular flexibility index (Phi) is 5.23. The maximum absolute atomic E-state index is 13.2. The highest BCUT2D eigenvalue weighted by Gasteiger charge is 2.32. The molecule has 3 aromatic heterocycles. The number of amides is 2. The molecule has 0 aliphatic carbocycles. The Morgan fingerprint density at radius 2 is 1.91 bits per heavy atom. The normalized spacial score (nSPS) is 15.5. The molecule has 1 fully saturated rings. The number of nitrogens with one attached hydrogen (secondary N) is 1. The van der Waals surface area contributed by atoms with Crippen molar-refractivity contribution in [2.45, 2.75) is 13.3 Å². The Morgan fingerprint density at radius 3 is 2.66 bits per heavy atom. The van der Waals surface area contributed by atoms with Gasteiger partial charge in [0.25, 0.3) is 0 Å². The van der Waals surface area contributed by atoms with Crippen LogP contribution in [0.3, 0.4) is 0 Å². The van der Waals surface area contributed by atoms with Crippen LogP contribution in [-0.2, 0) is 11.2 Å². The smallest absolute Gasteiger partial charge is 0.327 e. The number of pyridine rings is 1. The molecule has 0 atom stereocenters. The van der Waals surface area contributed by atoms with E-state index in [0.717, 1.165) is 16.7 Å². The molecular weight excluding hydrogens is 410 g/mol. The summed E-state index contributed by atoms with van der Waals surface area (Å²) in [4.78, 5) is 38.8. The van der Waals surface area contributed by atoms with Crippen molar-refractivity contribution >= 4 is 29.4 Å². The summed E-state index contributed by atoms with van der Waals surface area (Å²) < 4.78 is 5.47. The minimum Gasteiger partial charge on any atom is -0.378 e. The van der Waals surface area contributed by atoms with Crippen LogP contribution in [0.1, 0.15) is 11.1 Å². The van der Waals surface area contributed by atoms with Crippen molar-refractivity contribution in [1.82, 2.24) is 24.9 Å². The van der Waals surface area contributed by atoms with Gasteiger partial charge >= 0.3 is 6.03 Å². The third kappa shape index (κ3) is 3.78. The summed E-state index contributed by atoms with van der Waals surface area (Å²) in [5.74, 6) is 1.34. The van der Waals surface area contributed by atoms with Crippen LogP contribution >= 0.6 is 0 Å². The van der Waals surface area contributed by atoms with Crippen LogP contribution in [0, 0.1) is 6.92 Å². The zero-order chi connectivity index (χ0) is 22.1. The molecule has 1 saturated heterocycles. The van der Waals surface area contributed by atoms with E-state index in [1.807, 2.05) is 13.0 Å². The number of rotatable bonds is 3. The highest BCUT2D eigenvalue weighted by molar-refractivity contribution is 6.03. The molecular formula is C21H23N9O2. The molecule has 2 aliphatic heterocycles. The Labute approximate surface area is 184 Å². The standard InChI is InChI=1S/C21H23N9O2/c1-13-2-4-23-12-16(13)26-21(31)30-5-3-15-17(14-10-24-19(22)25-11-14)27-20(28-18(15)30)29-6-8-32-9-7-29/h2,4,10-12H,3,5-9H2,1H3,(H,26,31)(H2,22,24,25). The summed E-state index contributed by atoms with van der Waals surface area (Å²) in [6.45, 7) is 4.98. The van der Waals surface area contributed by atoms with Crippen molar-refractivity contribution in [2.75, 3.05) is 53.7 Å². The number of urea groups is 1. The molecule has 11 nitrogen and oxygen atoms in total. The Morgan fingerprint density at radius 1 is 1.12 bits per heavy atom. The number of carbonyl (C=O) groups is 1. The summed E-state index contributed by atoms with van der Waals surface area (Å²) in [6.07, 6.45) is 7.25. The van der Waals surface area contributed by atoms with Gasteiger partial charge in [-0.2, -0.15) is 4.98 Å². The number of nitrogens with zero attached hydrogens (tertiary/aromatic N) is 7. The van der Waals surface area contributed by atoms with Crippen molar-refractivity contribution in [3.05, 3.63) is 42.0 Å². The molecule has 32 heavy (non-hydrogen) atoms. The number of aromatic nitrogens is 5. The number of aryl methyl sites for hydroxylation is 1. The van der Waals surface area contributed by atoms with Gasteiger partial charge in [-0.25, -0.2) is 19.7 Å². The molecule has 0 unspecified atom stereocenters. The summed E-state index contributed by atoms with van der Waals surface area (Å²) in [6, 6.07) is 1.59. The second-order valence-electron chi connectivity index (χ2n) is 7.63. The maximum atomic E-state index is 13.2. The number of hydrogen-bond donors (Lipinski definition) is 2. The second-order valence-corrected chi connectivity index (χ2v) is 7.63. The number of ether oxygens (including phenoxy) is 1. The molecule has 11 heteroatoms. The summed E-state index contributed by atoms with van der Waals surface area (Å²) in [7, 11) is 0. The van der Waals surface area contributed by atoms with Gasteiger partial charge in [0.15, 0.2) is 0 Å². The quantitative estimate of drug-likeness (QED) is 0.632. The summed E-state index contributed by atoms with van der Waals surface area (Å²) >= 11 is 0. The van der Waals surface area contributed by atoms with E-state index in [4.69, 9.17) is 20.4 Å². The van der Waals surface area contributed by atoms with Crippen LogP contribution in [0.4, 0.5) is 28.2 Å². The van der Waals surface area contributed by atoms with E-state index in [9.17, 15) is 4.79 Å². The van der Waals surface area contributed by atoms with Crippen LogP contribution in [0.2, 0.25) is 0 Å². The number of nitrogens with two attached hydrogens (primary N) is 1. The molecule has 0 spiro atoms. The number of carbonyl (C=O) groups excluding carboxylic acids is 1. The molecule has 164 valence electrons. The van der Waals surface area contributed by atoms with Gasteiger partial charge in [0.05, 0.1) is 30.8 Å². The SMILES string of the molecule is Cc1ccncc1NC(=O)N1CCc2c(-c3cnc(N)nc3)nc(N3CCOCC3)nc21. The molecule has 2 amide bonds. The number of nitrogen functional groups attached to an aromatic ring is 1. The third-order valence-electron chi connectivity index (χ3n) is 5.58. The number of anilines is 4. The molecule has 0 saturated carbocycles. The van der Waals surface area contributed by atoms with Gasteiger partial charge in [-0.3, -0.25) is 9.88 Å². The van der Waals surface area contributed by atoms with Crippen molar-refractivity contribution in [3.8, 4) is 11.3 Å². The highest BCUT2D eigenvalue weighted by Crippen LogP contribution is 2.35. The average Bonchev–Trinajstić information content (AvgIpc) is 3.25. The molecule has 5 heterocycles. The number of morpholine rings is 1. The first-order valence-electron chi connectivity index (χ1n) is 10.4. The van der Waals surface area contributed by atoms with Gasteiger partial charge < -0.3 is 20.7 Å². The van der Waals surface area contributed by atoms with Gasteiger partial charge in [0, 0.05) is 49.4 Å². The Bertz CT molecular complexity index is 1150. The van der Waals surface area contributed by atoms with Crippen LogP contribution in [0.5, 0.6) is 0 Å².